The largest absolute Gasteiger partial charge is 0.493 e. The van der Waals surface area contributed by atoms with Crippen LogP contribution >= 0.6 is 11.6 Å². The summed E-state index contributed by atoms with van der Waals surface area (Å²) >= 11 is 6.49. The number of carbonyl (C=O) groups excluding carboxylic acids is 2. The Morgan fingerprint density at radius 3 is 2.65 bits per heavy atom. The average molecular weight is 609 g/mol. The number of nitrogens with one attached hydrogen (secondary N) is 1. The minimum absolute atomic E-state index is 0.0352. The number of aryl methyl sites for hydroxylation is 1. The van der Waals surface area contributed by atoms with Gasteiger partial charge < -0.3 is 28.8 Å². The van der Waals surface area contributed by atoms with Crippen molar-refractivity contribution in [1.82, 2.24) is 30.4 Å². The summed E-state index contributed by atoms with van der Waals surface area (Å²) in [7, 11) is 3.08. The Bertz CT molecular complexity index is 1570. The Morgan fingerprint density at radius 1 is 1.14 bits per heavy atom. The van der Waals surface area contributed by atoms with Crippen molar-refractivity contribution < 1.29 is 28.2 Å². The number of halogens is 1. The molecule has 4 aromatic rings. The maximum Gasteiger partial charge on any atom is 0.250 e. The van der Waals surface area contributed by atoms with Crippen molar-refractivity contribution in [1.29, 1.82) is 0 Å². The van der Waals surface area contributed by atoms with Crippen molar-refractivity contribution in [2.24, 2.45) is 0 Å². The quantitative estimate of drug-likeness (QED) is 0.253. The van der Waals surface area contributed by atoms with Crippen LogP contribution in [-0.2, 0) is 27.4 Å². The Kier molecular flexibility index (Phi) is 9.58. The molecule has 2 amide bonds. The summed E-state index contributed by atoms with van der Waals surface area (Å²) in [5.74, 6) is 1.43. The molecule has 1 fully saturated rings. The monoisotopic (exact) mass is 608 g/mol. The summed E-state index contributed by atoms with van der Waals surface area (Å²) in [5, 5.41) is 16.1. The molecule has 1 saturated heterocycles. The number of hydrogen-bond donors (Lipinski definition) is 1. The summed E-state index contributed by atoms with van der Waals surface area (Å²) in [4.78, 5) is 30.4. The zero-order chi connectivity index (χ0) is 30.3. The van der Waals surface area contributed by atoms with E-state index in [0.717, 1.165) is 12.8 Å². The number of hydrogen-bond acceptors (Lipinski definition) is 9. The first kappa shape index (κ1) is 30.1. The predicted octanol–water partition coefficient (Wildman–Crippen LogP) is 3.98. The van der Waals surface area contributed by atoms with Crippen LogP contribution in [0.15, 0.2) is 59.0 Å². The molecule has 0 spiro atoms. The zero-order valence-electron chi connectivity index (χ0n) is 24.2. The molecule has 1 N–H and O–H groups in total. The first-order valence-corrected chi connectivity index (χ1v) is 14.2. The van der Waals surface area contributed by atoms with E-state index in [9.17, 15) is 9.59 Å². The van der Waals surface area contributed by atoms with Crippen molar-refractivity contribution in [3.8, 4) is 22.9 Å². The molecule has 0 aliphatic carbocycles. The third-order valence-electron chi connectivity index (χ3n) is 7.11. The number of methoxy groups -OCH3 is 2. The van der Waals surface area contributed by atoms with Crippen LogP contribution in [0.5, 0.6) is 11.5 Å². The lowest BCUT2D eigenvalue weighted by Gasteiger charge is -2.30. The minimum Gasteiger partial charge on any atom is -0.493 e. The Morgan fingerprint density at radius 2 is 1.95 bits per heavy atom. The van der Waals surface area contributed by atoms with E-state index >= 15 is 0 Å². The lowest BCUT2D eigenvalue weighted by molar-refractivity contribution is -0.143. The topological polar surface area (TPSA) is 134 Å². The van der Waals surface area contributed by atoms with Crippen LogP contribution in [0, 0.1) is 6.92 Å². The third-order valence-corrected chi connectivity index (χ3v) is 7.48. The molecule has 5 rings (SSSR count). The molecule has 43 heavy (non-hydrogen) atoms. The molecule has 1 aliphatic heterocycles. The Hall–Kier alpha value is -4.42. The van der Waals surface area contributed by atoms with Crippen LogP contribution < -0.4 is 14.8 Å². The maximum atomic E-state index is 14.0. The highest BCUT2D eigenvalue weighted by molar-refractivity contribution is 6.31. The van der Waals surface area contributed by atoms with Crippen LogP contribution in [0.4, 0.5) is 0 Å². The molecule has 13 heteroatoms. The number of amides is 2. The normalized spacial score (nSPS) is 15.2. The summed E-state index contributed by atoms with van der Waals surface area (Å²) < 4.78 is 22.3. The van der Waals surface area contributed by atoms with Crippen molar-refractivity contribution in [2.45, 2.75) is 45.0 Å². The summed E-state index contributed by atoms with van der Waals surface area (Å²) in [6.45, 7) is 2.50. The number of ether oxygens (including phenoxy) is 3. The number of aromatic nitrogens is 4. The van der Waals surface area contributed by atoms with E-state index in [-0.39, 0.29) is 19.2 Å². The van der Waals surface area contributed by atoms with Gasteiger partial charge in [0.15, 0.2) is 17.5 Å². The Balaban J connectivity index is 1.44. The molecule has 12 nitrogen and oxygen atoms in total. The second-order valence-electron chi connectivity index (χ2n) is 10.1. The highest BCUT2D eigenvalue weighted by atomic mass is 35.5. The highest BCUT2D eigenvalue weighted by Gasteiger charge is 2.35. The summed E-state index contributed by atoms with van der Waals surface area (Å²) in [5.41, 5.74) is 1.29. The molecule has 0 bridgehead atoms. The van der Waals surface area contributed by atoms with E-state index in [0.29, 0.717) is 58.1 Å². The zero-order valence-corrected chi connectivity index (χ0v) is 24.9. The fourth-order valence-corrected chi connectivity index (χ4v) is 5.08. The van der Waals surface area contributed by atoms with Gasteiger partial charge >= 0.3 is 0 Å². The maximum absolute atomic E-state index is 14.0. The number of nitrogens with zero attached hydrogens (tertiary/aromatic N) is 5. The van der Waals surface area contributed by atoms with Gasteiger partial charge in [0, 0.05) is 30.3 Å². The summed E-state index contributed by atoms with van der Waals surface area (Å²) in [6, 6.07) is 14.7. The fourth-order valence-electron chi connectivity index (χ4n) is 4.89. The second-order valence-corrected chi connectivity index (χ2v) is 10.5. The minimum atomic E-state index is -1.09. The molecule has 2 aromatic heterocycles. The van der Waals surface area contributed by atoms with Crippen molar-refractivity contribution >= 4 is 23.4 Å². The summed E-state index contributed by atoms with van der Waals surface area (Å²) in [6.07, 6.45) is 1.72. The van der Waals surface area contributed by atoms with Gasteiger partial charge in [0.05, 0.1) is 20.3 Å². The van der Waals surface area contributed by atoms with E-state index in [1.807, 2.05) is 6.07 Å². The smallest absolute Gasteiger partial charge is 0.250 e. The van der Waals surface area contributed by atoms with Crippen molar-refractivity contribution in [2.75, 3.05) is 27.4 Å². The molecule has 2 aromatic carbocycles. The SMILES string of the molecule is COc1ccc(-c2nnn(CC(=O)N(Cc3ccccc3Cl)[C@@H](C(=O)NC[C@@H]3CCCO3)c3ccc(C)o3)n2)cc1OC. The first-order chi connectivity index (χ1) is 20.9. The van der Waals surface area contributed by atoms with Crippen molar-refractivity contribution in [3.63, 3.8) is 0 Å². The standard InChI is InChI=1S/C30H33ClN6O6/c1-19-10-12-25(43-19)28(30(39)32-16-22-8-6-14-42-22)36(17-21-7-4-5-9-23(21)31)27(38)18-37-34-29(33-35-37)20-11-13-24(40-2)26(15-20)41-3/h4-5,7,9-13,15,22,28H,6,8,14,16-18H2,1-3H3,(H,32,39)/t22-,28+/m0/s1. The number of rotatable bonds is 12. The van der Waals surface area contributed by atoms with Gasteiger partial charge in [-0.05, 0) is 66.9 Å². The van der Waals surface area contributed by atoms with E-state index in [1.165, 1.54) is 16.8 Å². The van der Waals surface area contributed by atoms with E-state index in [2.05, 4.69) is 20.7 Å². The fraction of sp³-hybridized carbons (Fsp3) is 0.367. The van der Waals surface area contributed by atoms with Crippen LogP contribution in [0.2, 0.25) is 5.02 Å². The number of furan rings is 1. The van der Waals surface area contributed by atoms with Gasteiger partial charge in [-0.2, -0.15) is 4.80 Å². The van der Waals surface area contributed by atoms with Crippen LogP contribution in [-0.4, -0.2) is 70.4 Å². The van der Waals surface area contributed by atoms with Crippen LogP contribution in [0.3, 0.4) is 0 Å². The third kappa shape index (κ3) is 7.15. The van der Waals surface area contributed by atoms with Crippen molar-refractivity contribution in [3.05, 3.63) is 76.7 Å². The van der Waals surface area contributed by atoms with Gasteiger partial charge in [0.25, 0.3) is 5.91 Å². The molecular weight excluding hydrogens is 576 g/mol. The average Bonchev–Trinajstić information content (AvgIpc) is 3.79. The lowest BCUT2D eigenvalue weighted by atomic mass is 10.1. The molecule has 0 saturated carbocycles. The molecule has 226 valence electrons. The first-order valence-electron chi connectivity index (χ1n) is 13.8. The van der Waals surface area contributed by atoms with Crippen LogP contribution in [0.1, 0.15) is 36.0 Å². The number of benzene rings is 2. The molecule has 0 radical (unpaired) electrons. The molecule has 0 unspecified atom stereocenters. The van der Waals surface area contributed by atoms with Gasteiger partial charge in [0.2, 0.25) is 11.7 Å². The van der Waals surface area contributed by atoms with Gasteiger partial charge in [-0.25, -0.2) is 0 Å². The van der Waals surface area contributed by atoms with Gasteiger partial charge in [-0.1, -0.05) is 29.8 Å². The van der Waals surface area contributed by atoms with E-state index < -0.39 is 17.9 Å². The lowest BCUT2D eigenvalue weighted by Crippen LogP contribution is -2.46. The molecular formula is C30H33ClN6O6. The second kappa shape index (κ2) is 13.7. The number of carbonyl (C=O) groups is 2. The van der Waals surface area contributed by atoms with Crippen LogP contribution in [0.25, 0.3) is 11.4 Å². The van der Waals surface area contributed by atoms with Gasteiger partial charge in [-0.3, -0.25) is 9.59 Å². The van der Waals surface area contributed by atoms with E-state index in [4.69, 9.17) is 30.2 Å². The van der Waals surface area contributed by atoms with Gasteiger partial charge in [-0.15, -0.1) is 10.2 Å². The van der Waals surface area contributed by atoms with Gasteiger partial charge in [0.1, 0.15) is 18.1 Å². The van der Waals surface area contributed by atoms with E-state index in [1.54, 1.807) is 62.6 Å². The highest BCUT2D eigenvalue weighted by Crippen LogP contribution is 2.31. The molecule has 1 aliphatic rings. The number of tetrazole rings is 1. The Labute approximate surface area is 253 Å². The molecule has 3 heterocycles. The molecule has 2 atom stereocenters. The predicted molar refractivity (Wildman–Crippen MR) is 157 cm³/mol.